The molecule has 5 rings (SSSR count). The van der Waals surface area contributed by atoms with E-state index in [4.69, 9.17) is 0 Å². The highest BCUT2D eigenvalue weighted by Crippen LogP contribution is 2.35. The number of hydrogen-bond donors (Lipinski definition) is 3. The fourth-order valence-electron chi connectivity index (χ4n) is 5.09. The number of hydrogen-bond acceptors (Lipinski definition) is 3. The fraction of sp³-hybridized carbons (Fsp3) is 0.233. The van der Waals surface area contributed by atoms with Gasteiger partial charge in [0, 0.05) is 29.1 Å². The zero-order chi connectivity index (χ0) is 25.8. The van der Waals surface area contributed by atoms with E-state index >= 15 is 0 Å². The van der Waals surface area contributed by atoms with Gasteiger partial charge in [0.2, 0.25) is 5.91 Å². The van der Waals surface area contributed by atoms with Crippen LogP contribution < -0.4 is 10.2 Å². The van der Waals surface area contributed by atoms with Gasteiger partial charge in [-0.05, 0) is 55.0 Å². The number of amides is 2. The highest BCUT2D eigenvalue weighted by atomic mass is 16.4. The van der Waals surface area contributed by atoms with E-state index in [1.165, 1.54) is 0 Å². The number of nitrogens with zero attached hydrogens (tertiary/aromatic N) is 1. The molecule has 0 bridgehead atoms. The Morgan fingerprint density at radius 2 is 1.70 bits per heavy atom. The zero-order valence-electron chi connectivity index (χ0n) is 20.4. The Morgan fingerprint density at radius 1 is 0.973 bits per heavy atom. The lowest BCUT2D eigenvalue weighted by Crippen LogP contribution is -2.51. The van der Waals surface area contributed by atoms with Crippen LogP contribution in [0.3, 0.4) is 0 Å². The van der Waals surface area contributed by atoms with E-state index in [0.29, 0.717) is 31.4 Å². The van der Waals surface area contributed by atoms with E-state index in [2.05, 4.69) is 10.3 Å². The molecule has 2 heterocycles. The Hall–Kier alpha value is -4.39. The number of aromatic amines is 1. The lowest BCUT2D eigenvalue weighted by atomic mass is 10.0. The molecule has 1 aromatic heterocycles. The Morgan fingerprint density at radius 3 is 2.49 bits per heavy atom. The number of carbonyl (C=O) groups excluding carboxylic acids is 2. The molecule has 2 amide bonds. The van der Waals surface area contributed by atoms with Gasteiger partial charge >= 0.3 is 5.97 Å². The average Bonchev–Trinajstić information content (AvgIpc) is 3.51. The first kappa shape index (κ1) is 24.3. The van der Waals surface area contributed by atoms with Gasteiger partial charge in [0.1, 0.15) is 11.7 Å². The van der Waals surface area contributed by atoms with Crippen molar-refractivity contribution in [3.63, 3.8) is 0 Å². The Labute approximate surface area is 215 Å². The van der Waals surface area contributed by atoms with Crippen LogP contribution in [0.15, 0.2) is 84.9 Å². The second-order valence-corrected chi connectivity index (χ2v) is 9.45. The number of para-hydroxylation sites is 2. The van der Waals surface area contributed by atoms with Gasteiger partial charge in [0.15, 0.2) is 0 Å². The van der Waals surface area contributed by atoms with Crippen molar-refractivity contribution in [2.75, 3.05) is 4.90 Å². The number of anilines is 1. The topological polar surface area (TPSA) is 102 Å². The van der Waals surface area contributed by atoms with Gasteiger partial charge in [-0.25, -0.2) is 0 Å². The summed E-state index contributed by atoms with van der Waals surface area (Å²) in [6, 6.07) is 25.9. The molecule has 0 saturated carbocycles. The summed E-state index contributed by atoms with van der Waals surface area (Å²) >= 11 is 0. The fourth-order valence-corrected chi connectivity index (χ4v) is 5.09. The number of nitrogens with one attached hydrogen (secondary N) is 2. The summed E-state index contributed by atoms with van der Waals surface area (Å²) in [6.45, 7) is 0. The van der Waals surface area contributed by atoms with Crippen LogP contribution in [0.4, 0.5) is 5.69 Å². The van der Waals surface area contributed by atoms with Gasteiger partial charge < -0.3 is 20.3 Å². The molecule has 7 heteroatoms. The number of aliphatic carboxylic acids is 1. The number of aryl methyl sites for hydroxylation is 1. The van der Waals surface area contributed by atoms with Crippen molar-refractivity contribution in [3.8, 4) is 0 Å². The highest BCUT2D eigenvalue weighted by Gasteiger charge is 2.37. The third-order valence-corrected chi connectivity index (χ3v) is 6.94. The van der Waals surface area contributed by atoms with Crippen LogP contribution in [0.1, 0.15) is 40.9 Å². The number of aromatic nitrogens is 1. The number of carbonyl (C=O) groups is 3. The van der Waals surface area contributed by atoms with E-state index in [1.807, 2.05) is 78.9 Å². The third-order valence-electron chi connectivity index (χ3n) is 6.94. The van der Waals surface area contributed by atoms with Crippen LogP contribution in [0, 0.1) is 0 Å². The predicted molar refractivity (Wildman–Crippen MR) is 143 cm³/mol. The summed E-state index contributed by atoms with van der Waals surface area (Å²) < 4.78 is 0. The normalized spacial score (nSPS) is 15.4. The molecular formula is C30H29N3O4. The summed E-state index contributed by atoms with van der Waals surface area (Å²) in [6.07, 6.45) is 1.94. The van der Waals surface area contributed by atoms with Crippen LogP contribution >= 0.6 is 0 Å². The van der Waals surface area contributed by atoms with E-state index in [9.17, 15) is 19.5 Å². The molecule has 0 radical (unpaired) electrons. The molecule has 1 aliphatic rings. The maximum absolute atomic E-state index is 14.1. The Balaban J connectivity index is 1.43. The van der Waals surface area contributed by atoms with Gasteiger partial charge in [0.25, 0.3) is 5.91 Å². The molecule has 3 N–H and O–H groups in total. The molecule has 0 saturated heterocycles. The van der Waals surface area contributed by atoms with Gasteiger partial charge in [-0.3, -0.25) is 14.4 Å². The average molecular weight is 496 g/mol. The molecule has 1 aliphatic heterocycles. The smallest absolute Gasteiger partial charge is 0.303 e. The van der Waals surface area contributed by atoms with Crippen LogP contribution in [-0.2, 0) is 22.4 Å². The molecule has 7 nitrogen and oxygen atoms in total. The maximum Gasteiger partial charge on any atom is 0.303 e. The van der Waals surface area contributed by atoms with Crippen LogP contribution in [0.2, 0.25) is 0 Å². The monoisotopic (exact) mass is 495 g/mol. The number of fused-ring (bicyclic) bond motifs is 2. The van der Waals surface area contributed by atoms with Crippen molar-refractivity contribution in [3.05, 3.63) is 102 Å². The molecule has 37 heavy (non-hydrogen) atoms. The van der Waals surface area contributed by atoms with Gasteiger partial charge in [-0.1, -0.05) is 66.7 Å². The van der Waals surface area contributed by atoms with E-state index in [-0.39, 0.29) is 24.3 Å². The molecule has 0 unspecified atom stereocenters. The van der Waals surface area contributed by atoms with Crippen molar-refractivity contribution in [1.29, 1.82) is 0 Å². The highest BCUT2D eigenvalue weighted by molar-refractivity contribution is 6.04. The summed E-state index contributed by atoms with van der Waals surface area (Å²) in [4.78, 5) is 43.5. The Bertz CT molecular complexity index is 1400. The minimum absolute atomic E-state index is 0.0292. The van der Waals surface area contributed by atoms with E-state index < -0.39 is 12.0 Å². The zero-order valence-corrected chi connectivity index (χ0v) is 20.4. The largest absolute Gasteiger partial charge is 0.481 e. The number of rotatable bonds is 9. The minimum Gasteiger partial charge on any atom is -0.481 e. The van der Waals surface area contributed by atoms with Gasteiger partial charge in [-0.15, -0.1) is 0 Å². The molecule has 4 aromatic rings. The standard InChI is InChI=1S/C30H29N3O4/c34-28(35)17-15-23-18-22-11-5-7-13-27(22)33(23)30(37)25(16-14-20-8-2-1-3-9-20)32-29(36)26-19-21-10-4-6-12-24(21)31-26/h1-13,19,23,25,31H,14-18H2,(H,32,36)(H,34,35)/t23-,25+/m1/s1. The van der Waals surface area contributed by atoms with E-state index in [0.717, 1.165) is 27.7 Å². The molecule has 0 spiro atoms. The van der Waals surface area contributed by atoms with Crippen molar-refractivity contribution in [2.45, 2.75) is 44.2 Å². The summed E-state index contributed by atoms with van der Waals surface area (Å²) in [5, 5.41) is 13.2. The summed E-state index contributed by atoms with van der Waals surface area (Å²) in [7, 11) is 0. The first-order valence-electron chi connectivity index (χ1n) is 12.5. The van der Waals surface area contributed by atoms with Crippen molar-refractivity contribution >= 4 is 34.4 Å². The first-order valence-corrected chi connectivity index (χ1v) is 12.5. The lowest BCUT2D eigenvalue weighted by molar-refractivity contribution is -0.137. The van der Waals surface area contributed by atoms with Crippen LogP contribution in [-0.4, -0.2) is 40.0 Å². The summed E-state index contributed by atoms with van der Waals surface area (Å²) in [5.41, 5.74) is 4.11. The molecule has 0 aliphatic carbocycles. The molecule has 188 valence electrons. The van der Waals surface area contributed by atoms with Crippen molar-refractivity contribution in [1.82, 2.24) is 10.3 Å². The van der Waals surface area contributed by atoms with Gasteiger partial charge in [0.05, 0.1) is 0 Å². The Kier molecular flexibility index (Phi) is 7.03. The molecule has 3 aromatic carbocycles. The number of H-pyrrole nitrogens is 1. The first-order chi connectivity index (χ1) is 18.0. The molecule has 0 fully saturated rings. The molecular weight excluding hydrogens is 466 g/mol. The second kappa shape index (κ2) is 10.7. The summed E-state index contributed by atoms with van der Waals surface area (Å²) in [5.74, 6) is -1.46. The number of benzene rings is 3. The number of carboxylic acid groups (broad SMARTS) is 1. The SMILES string of the molecule is O=C(O)CC[C@@H]1Cc2ccccc2N1C(=O)[C@H](CCc1ccccc1)NC(=O)c1cc2ccccc2[nH]1. The maximum atomic E-state index is 14.1. The number of carboxylic acids is 1. The third kappa shape index (κ3) is 5.40. The molecule has 2 atom stereocenters. The quantitative estimate of drug-likeness (QED) is 0.313. The van der Waals surface area contributed by atoms with E-state index in [1.54, 1.807) is 11.0 Å². The minimum atomic E-state index is -0.893. The lowest BCUT2D eigenvalue weighted by Gasteiger charge is -2.30. The van der Waals surface area contributed by atoms with Crippen LogP contribution in [0.25, 0.3) is 10.9 Å². The predicted octanol–water partition coefficient (Wildman–Crippen LogP) is 4.72. The van der Waals surface area contributed by atoms with Gasteiger partial charge in [-0.2, -0.15) is 0 Å². The van der Waals surface area contributed by atoms with Crippen molar-refractivity contribution in [2.24, 2.45) is 0 Å². The van der Waals surface area contributed by atoms with Crippen LogP contribution in [0.5, 0.6) is 0 Å². The van der Waals surface area contributed by atoms with Crippen molar-refractivity contribution < 1.29 is 19.5 Å². The second-order valence-electron chi connectivity index (χ2n) is 9.45.